The molecule has 3 aromatic rings. The first-order valence-corrected chi connectivity index (χ1v) is 13.4. The average Bonchev–Trinajstić information content (AvgIpc) is 2.79. The van der Waals surface area contributed by atoms with E-state index in [9.17, 15) is 16.8 Å². The molecule has 1 N–H and O–H groups in total. The highest BCUT2D eigenvalue weighted by atomic mass is 32.2. The zero-order valence-electron chi connectivity index (χ0n) is 18.2. The first kappa shape index (κ1) is 22.6. The van der Waals surface area contributed by atoms with Crippen molar-refractivity contribution in [2.24, 2.45) is 0 Å². The van der Waals surface area contributed by atoms with Crippen LogP contribution in [-0.4, -0.2) is 48.3 Å². The van der Waals surface area contributed by atoms with Crippen molar-refractivity contribution in [2.45, 2.75) is 29.1 Å². The minimum absolute atomic E-state index is 0.0845. The molecule has 3 aromatic carbocycles. The van der Waals surface area contributed by atoms with Gasteiger partial charge >= 0.3 is 0 Å². The molecule has 1 heterocycles. The van der Waals surface area contributed by atoms with Crippen LogP contribution in [0.2, 0.25) is 0 Å². The van der Waals surface area contributed by atoms with Crippen molar-refractivity contribution >= 4 is 42.2 Å². The Kier molecular flexibility index (Phi) is 6.15. The summed E-state index contributed by atoms with van der Waals surface area (Å²) >= 11 is 0. The van der Waals surface area contributed by atoms with Crippen LogP contribution in [0.15, 0.2) is 70.5 Å². The maximum Gasteiger partial charge on any atom is 0.261 e. The standard InChI is InChI=1S/C23H27N3O4S2/c1-25(2)23-13-12-21(32(29,30)26-14-6-3-7-15-26)17-22(23)24-31(27,28)20-11-10-18-8-4-5-9-19(18)16-20/h4-5,8-13,16-17,24H,3,6-7,14-15H2,1-2H3. The molecule has 0 bridgehead atoms. The van der Waals surface area contributed by atoms with E-state index in [4.69, 9.17) is 0 Å². The van der Waals surface area contributed by atoms with Crippen molar-refractivity contribution in [1.82, 2.24) is 4.31 Å². The summed E-state index contributed by atoms with van der Waals surface area (Å²) in [6, 6.07) is 17.0. The van der Waals surface area contributed by atoms with Gasteiger partial charge in [-0.15, -0.1) is 0 Å². The molecule has 170 valence electrons. The highest BCUT2D eigenvalue weighted by Gasteiger charge is 2.27. The second kappa shape index (κ2) is 8.73. The molecule has 1 aliphatic rings. The third-order valence-corrected chi connectivity index (χ3v) is 8.94. The molecule has 0 aromatic heterocycles. The molecule has 0 atom stereocenters. The Hall–Kier alpha value is -2.62. The first-order valence-electron chi connectivity index (χ1n) is 10.5. The lowest BCUT2D eigenvalue weighted by Gasteiger charge is -2.27. The van der Waals surface area contributed by atoms with Crippen molar-refractivity contribution in [3.8, 4) is 0 Å². The number of sulfonamides is 2. The Bertz CT molecular complexity index is 1350. The number of benzene rings is 3. The van der Waals surface area contributed by atoms with E-state index >= 15 is 0 Å². The summed E-state index contributed by atoms with van der Waals surface area (Å²) in [6.07, 6.45) is 2.68. The van der Waals surface area contributed by atoms with E-state index in [0.29, 0.717) is 18.8 Å². The largest absolute Gasteiger partial charge is 0.376 e. The maximum absolute atomic E-state index is 13.2. The predicted molar refractivity (Wildman–Crippen MR) is 128 cm³/mol. The van der Waals surface area contributed by atoms with Crippen LogP contribution in [0.1, 0.15) is 19.3 Å². The number of nitrogens with one attached hydrogen (secondary N) is 1. The van der Waals surface area contributed by atoms with Gasteiger partial charge in [0.1, 0.15) is 0 Å². The van der Waals surface area contributed by atoms with Gasteiger partial charge in [-0.2, -0.15) is 4.31 Å². The van der Waals surface area contributed by atoms with E-state index in [2.05, 4.69) is 4.72 Å². The molecule has 32 heavy (non-hydrogen) atoms. The van der Waals surface area contributed by atoms with Crippen LogP contribution in [0.3, 0.4) is 0 Å². The number of hydrogen-bond donors (Lipinski definition) is 1. The Morgan fingerprint density at radius 3 is 2.12 bits per heavy atom. The van der Waals surface area contributed by atoms with Gasteiger partial charge in [0.05, 0.1) is 21.2 Å². The molecule has 0 saturated carbocycles. The molecule has 0 amide bonds. The van der Waals surface area contributed by atoms with E-state index in [1.165, 1.54) is 16.4 Å². The fraction of sp³-hybridized carbons (Fsp3) is 0.304. The molecule has 0 aliphatic carbocycles. The summed E-state index contributed by atoms with van der Waals surface area (Å²) in [6.45, 7) is 0.964. The lowest BCUT2D eigenvalue weighted by atomic mass is 10.1. The number of rotatable bonds is 6. The van der Waals surface area contributed by atoms with Crippen LogP contribution in [0.25, 0.3) is 10.8 Å². The Morgan fingerprint density at radius 1 is 0.781 bits per heavy atom. The average molecular weight is 474 g/mol. The summed E-state index contributed by atoms with van der Waals surface area (Å²) in [5.41, 5.74) is 0.799. The van der Waals surface area contributed by atoms with Crippen molar-refractivity contribution in [3.63, 3.8) is 0 Å². The maximum atomic E-state index is 13.2. The predicted octanol–water partition coefficient (Wildman–Crippen LogP) is 3.88. The molecule has 1 aliphatic heterocycles. The Morgan fingerprint density at radius 2 is 1.44 bits per heavy atom. The van der Waals surface area contributed by atoms with Crippen molar-refractivity contribution < 1.29 is 16.8 Å². The molecule has 0 radical (unpaired) electrons. The number of piperidine rings is 1. The molecule has 1 fully saturated rings. The van der Waals surface area contributed by atoms with Crippen LogP contribution in [0, 0.1) is 0 Å². The van der Waals surface area contributed by atoms with Gasteiger partial charge in [-0.3, -0.25) is 4.72 Å². The van der Waals surface area contributed by atoms with Gasteiger partial charge in [0.2, 0.25) is 10.0 Å². The summed E-state index contributed by atoms with van der Waals surface area (Å²) in [4.78, 5) is 1.95. The minimum atomic E-state index is -3.93. The van der Waals surface area contributed by atoms with Gasteiger partial charge in [0.15, 0.2) is 0 Å². The Balaban J connectivity index is 1.73. The van der Waals surface area contributed by atoms with Crippen LogP contribution in [0.4, 0.5) is 11.4 Å². The highest BCUT2D eigenvalue weighted by Crippen LogP contribution is 2.32. The van der Waals surface area contributed by atoms with Gasteiger partial charge in [-0.05, 0) is 53.9 Å². The topological polar surface area (TPSA) is 86.8 Å². The molecule has 7 nitrogen and oxygen atoms in total. The number of hydrogen-bond acceptors (Lipinski definition) is 5. The fourth-order valence-electron chi connectivity index (χ4n) is 3.94. The van der Waals surface area contributed by atoms with Crippen LogP contribution in [0.5, 0.6) is 0 Å². The van der Waals surface area contributed by atoms with Gasteiger partial charge < -0.3 is 4.90 Å². The third kappa shape index (κ3) is 4.46. The van der Waals surface area contributed by atoms with Crippen LogP contribution in [-0.2, 0) is 20.0 Å². The SMILES string of the molecule is CN(C)c1ccc(S(=O)(=O)N2CCCCC2)cc1NS(=O)(=O)c1ccc2ccccc2c1. The van der Waals surface area contributed by atoms with E-state index < -0.39 is 20.0 Å². The summed E-state index contributed by atoms with van der Waals surface area (Å²) in [7, 11) is -4.07. The molecule has 0 spiro atoms. The van der Waals surface area contributed by atoms with Gasteiger partial charge in [-0.25, -0.2) is 16.8 Å². The number of anilines is 2. The lowest BCUT2D eigenvalue weighted by molar-refractivity contribution is 0.346. The van der Waals surface area contributed by atoms with Gasteiger partial charge in [0.25, 0.3) is 10.0 Å². The van der Waals surface area contributed by atoms with Gasteiger partial charge in [0, 0.05) is 27.2 Å². The van der Waals surface area contributed by atoms with E-state index in [1.54, 1.807) is 43.3 Å². The summed E-state index contributed by atoms with van der Waals surface area (Å²) < 4.78 is 56.7. The number of fused-ring (bicyclic) bond motifs is 1. The molecule has 1 saturated heterocycles. The van der Waals surface area contributed by atoms with Crippen molar-refractivity contribution in [1.29, 1.82) is 0 Å². The first-order chi connectivity index (χ1) is 15.2. The second-order valence-corrected chi connectivity index (χ2v) is 11.8. The van der Waals surface area contributed by atoms with Crippen molar-refractivity contribution in [3.05, 3.63) is 60.7 Å². The monoisotopic (exact) mass is 473 g/mol. The zero-order chi connectivity index (χ0) is 22.9. The molecule has 9 heteroatoms. The molecular weight excluding hydrogens is 446 g/mol. The number of nitrogens with zero attached hydrogens (tertiary/aromatic N) is 2. The third-order valence-electron chi connectivity index (χ3n) is 5.68. The van der Waals surface area contributed by atoms with Crippen molar-refractivity contribution in [2.75, 3.05) is 36.8 Å². The molecule has 0 unspecified atom stereocenters. The summed E-state index contributed by atoms with van der Waals surface area (Å²) in [5, 5.41) is 1.75. The lowest BCUT2D eigenvalue weighted by Crippen LogP contribution is -2.35. The van der Waals surface area contributed by atoms with E-state index in [1.807, 2.05) is 24.3 Å². The second-order valence-electron chi connectivity index (χ2n) is 8.15. The van der Waals surface area contributed by atoms with E-state index in [0.717, 1.165) is 30.0 Å². The normalized spacial score (nSPS) is 15.6. The quantitative estimate of drug-likeness (QED) is 0.587. The smallest absolute Gasteiger partial charge is 0.261 e. The zero-order valence-corrected chi connectivity index (χ0v) is 19.8. The van der Waals surface area contributed by atoms with Crippen LogP contribution >= 0.6 is 0 Å². The summed E-state index contributed by atoms with van der Waals surface area (Å²) in [5.74, 6) is 0. The fourth-order valence-corrected chi connectivity index (χ4v) is 6.58. The molecular formula is C23H27N3O4S2. The van der Waals surface area contributed by atoms with Crippen LogP contribution < -0.4 is 9.62 Å². The Labute approximate surface area is 189 Å². The minimum Gasteiger partial charge on any atom is -0.376 e. The molecule has 4 rings (SSSR count). The van der Waals surface area contributed by atoms with E-state index in [-0.39, 0.29) is 15.5 Å². The highest BCUT2D eigenvalue weighted by molar-refractivity contribution is 7.92. The van der Waals surface area contributed by atoms with Gasteiger partial charge in [-0.1, -0.05) is 36.8 Å².